The van der Waals surface area contributed by atoms with E-state index in [0.29, 0.717) is 24.5 Å². The molecule has 2 amide bonds. The van der Waals surface area contributed by atoms with E-state index >= 15 is 0 Å². The maximum absolute atomic E-state index is 13.9. The quantitative estimate of drug-likeness (QED) is 0.193. The molecule has 1 heterocycles. The third-order valence-electron chi connectivity index (χ3n) is 7.63. The molecule has 1 aliphatic rings. The number of sulfonamides is 1. The summed E-state index contributed by atoms with van der Waals surface area (Å²) in [5.41, 5.74) is 1.61. The summed E-state index contributed by atoms with van der Waals surface area (Å²) in [4.78, 5) is 29.1. The van der Waals surface area contributed by atoms with Crippen molar-refractivity contribution >= 4 is 27.5 Å². The number of benzene rings is 4. The van der Waals surface area contributed by atoms with Crippen LogP contribution in [0.15, 0.2) is 108 Å². The number of nitrogens with one attached hydrogen (secondary N) is 2. The smallest absolute Gasteiger partial charge is 0.261 e. The predicted molar refractivity (Wildman–Crippen MR) is 174 cm³/mol. The molecular weight excluding hydrogens is 625 g/mol. The van der Waals surface area contributed by atoms with Gasteiger partial charge in [0, 0.05) is 25.4 Å². The highest BCUT2D eigenvalue weighted by molar-refractivity contribution is 7.92. The molecule has 0 unspecified atom stereocenters. The van der Waals surface area contributed by atoms with Crippen molar-refractivity contribution in [2.45, 2.75) is 36.4 Å². The van der Waals surface area contributed by atoms with Crippen molar-refractivity contribution in [3.05, 3.63) is 120 Å². The van der Waals surface area contributed by atoms with Crippen LogP contribution >= 0.6 is 0 Å². The van der Waals surface area contributed by atoms with Crippen molar-refractivity contribution in [1.82, 2.24) is 10.2 Å². The Morgan fingerprint density at radius 2 is 1.62 bits per heavy atom. The molecule has 0 aromatic heterocycles. The second-order valence-electron chi connectivity index (χ2n) is 10.9. The summed E-state index contributed by atoms with van der Waals surface area (Å²) in [6, 6.07) is 25.8. The van der Waals surface area contributed by atoms with E-state index in [1.54, 1.807) is 31.4 Å². The fourth-order valence-electron chi connectivity index (χ4n) is 5.15. The largest absolute Gasteiger partial charge is 0.497 e. The first-order valence-corrected chi connectivity index (χ1v) is 16.6. The SMILES string of the molecule is COc1ccc(CN(C(=O)COc2ccc(S(=O)(=O)Nc3ccc(F)cc3)cc2)[C@@H](C(=O)NC[C@H]2CCCO2)c2ccccc2)cc1. The summed E-state index contributed by atoms with van der Waals surface area (Å²) >= 11 is 0. The lowest BCUT2D eigenvalue weighted by Gasteiger charge is -2.32. The van der Waals surface area contributed by atoms with Crippen LogP contribution in [0, 0.1) is 5.82 Å². The zero-order valence-electron chi connectivity index (χ0n) is 25.8. The minimum absolute atomic E-state index is 0.0475. The van der Waals surface area contributed by atoms with E-state index in [4.69, 9.17) is 14.2 Å². The Morgan fingerprint density at radius 1 is 0.936 bits per heavy atom. The molecular formula is C35H36FN3O7S. The first kappa shape index (κ1) is 33.4. The fraction of sp³-hybridized carbons (Fsp3) is 0.257. The molecule has 246 valence electrons. The highest BCUT2D eigenvalue weighted by Gasteiger charge is 2.32. The van der Waals surface area contributed by atoms with Crippen LogP contribution in [0.2, 0.25) is 0 Å². The zero-order valence-corrected chi connectivity index (χ0v) is 26.6. The lowest BCUT2D eigenvalue weighted by atomic mass is 10.0. The zero-order chi connectivity index (χ0) is 33.2. The third kappa shape index (κ3) is 9.08. The molecule has 0 aliphatic carbocycles. The number of ether oxygens (including phenoxy) is 3. The molecule has 4 aromatic rings. The molecule has 5 rings (SSSR count). The topological polar surface area (TPSA) is 123 Å². The van der Waals surface area contributed by atoms with Gasteiger partial charge in [-0.05, 0) is 84.6 Å². The van der Waals surface area contributed by atoms with E-state index in [1.165, 1.54) is 41.3 Å². The lowest BCUT2D eigenvalue weighted by molar-refractivity contribution is -0.143. The van der Waals surface area contributed by atoms with Gasteiger partial charge in [0.15, 0.2) is 6.61 Å². The standard InChI is InChI=1S/C35H36FN3O7S/c1-44-29-15-9-25(10-16-29)23-39(34(26-6-3-2-4-7-26)35(41)37-22-31-8-5-21-45-31)33(40)24-46-30-17-19-32(20-18-30)47(42,43)38-28-13-11-27(36)12-14-28/h2-4,6-7,9-20,31,34,38H,5,8,21-24H2,1H3,(H,37,41)/t31-,34-/m1/s1. The maximum atomic E-state index is 13.9. The van der Waals surface area contributed by atoms with Gasteiger partial charge >= 0.3 is 0 Å². The van der Waals surface area contributed by atoms with Crippen LogP contribution in [-0.4, -0.2) is 58.1 Å². The van der Waals surface area contributed by atoms with E-state index in [0.717, 1.165) is 30.5 Å². The van der Waals surface area contributed by atoms with Crippen molar-refractivity contribution in [3.63, 3.8) is 0 Å². The summed E-state index contributed by atoms with van der Waals surface area (Å²) in [5, 5.41) is 2.98. The summed E-state index contributed by atoms with van der Waals surface area (Å²) in [5.74, 6) is -0.390. The van der Waals surface area contributed by atoms with Crippen LogP contribution in [0.1, 0.15) is 30.0 Å². The minimum Gasteiger partial charge on any atom is -0.497 e. The second kappa shape index (κ2) is 15.6. The first-order valence-electron chi connectivity index (χ1n) is 15.1. The van der Waals surface area contributed by atoms with Gasteiger partial charge in [0.25, 0.3) is 15.9 Å². The average Bonchev–Trinajstić information content (AvgIpc) is 3.62. The Labute approximate surface area is 273 Å². The number of nitrogens with zero attached hydrogens (tertiary/aromatic N) is 1. The molecule has 2 N–H and O–H groups in total. The number of rotatable bonds is 14. The van der Waals surface area contributed by atoms with Crippen LogP contribution in [0.25, 0.3) is 0 Å². The molecule has 2 atom stereocenters. The van der Waals surface area contributed by atoms with Crippen LogP contribution in [-0.2, 0) is 30.9 Å². The Balaban J connectivity index is 1.34. The van der Waals surface area contributed by atoms with Crippen molar-refractivity contribution < 1.29 is 36.6 Å². The molecule has 0 saturated carbocycles. The van der Waals surface area contributed by atoms with E-state index in [-0.39, 0.29) is 34.9 Å². The van der Waals surface area contributed by atoms with E-state index in [2.05, 4.69) is 10.0 Å². The van der Waals surface area contributed by atoms with Crippen LogP contribution in [0.3, 0.4) is 0 Å². The highest BCUT2D eigenvalue weighted by Crippen LogP contribution is 2.26. The molecule has 0 radical (unpaired) electrons. The van der Waals surface area contributed by atoms with E-state index < -0.39 is 34.4 Å². The Bertz CT molecular complexity index is 1730. The van der Waals surface area contributed by atoms with Crippen molar-refractivity contribution in [1.29, 1.82) is 0 Å². The van der Waals surface area contributed by atoms with Gasteiger partial charge in [-0.15, -0.1) is 0 Å². The summed E-state index contributed by atoms with van der Waals surface area (Å²) in [7, 11) is -2.39. The molecule has 4 aromatic carbocycles. The summed E-state index contributed by atoms with van der Waals surface area (Å²) in [6.45, 7) is 0.665. The number of amides is 2. The molecule has 10 nitrogen and oxygen atoms in total. The Morgan fingerprint density at radius 3 is 2.26 bits per heavy atom. The average molecular weight is 662 g/mol. The van der Waals surface area contributed by atoms with E-state index in [9.17, 15) is 22.4 Å². The molecule has 0 bridgehead atoms. The normalized spacial score (nSPS) is 15.0. The number of hydrogen-bond donors (Lipinski definition) is 2. The number of halogens is 1. The molecule has 1 saturated heterocycles. The number of anilines is 1. The molecule has 47 heavy (non-hydrogen) atoms. The minimum atomic E-state index is -3.96. The van der Waals surface area contributed by atoms with Gasteiger partial charge in [0.2, 0.25) is 5.91 Å². The molecule has 12 heteroatoms. The van der Waals surface area contributed by atoms with Gasteiger partial charge in [0.1, 0.15) is 23.4 Å². The Kier molecular flexibility index (Phi) is 11.1. The number of carbonyl (C=O) groups is 2. The maximum Gasteiger partial charge on any atom is 0.261 e. The Hall–Kier alpha value is -4.94. The second-order valence-corrected chi connectivity index (χ2v) is 12.6. The molecule has 1 fully saturated rings. The summed E-state index contributed by atoms with van der Waals surface area (Å²) < 4.78 is 58.0. The van der Waals surface area contributed by atoms with Gasteiger partial charge < -0.3 is 24.4 Å². The van der Waals surface area contributed by atoms with Gasteiger partial charge in [-0.3, -0.25) is 14.3 Å². The third-order valence-corrected chi connectivity index (χ3v) is 9.03. The van der Waals surface area contributed by atoms with E-state index in [1.807, 2.05) is 30.3 Å². The summed E-state index contributed by atoms with van der Waals surface area (Å²) in [6.07, 6.45) is 1.70. The van der Waals surface area contributed by atoms with Gasteiger partial charge in [-0.2, -0.15) is 0 Å². The van der Waals surface area contributed by atoms with Crippen molar-refractivity contribution in [2.24, 2.45) is 0 Å². The highest BCUT2D eigenvalue weighted by atomic mass is 32.2. The van der Waals surface area contributed by atoms with Gasteiger partial charge in [-0.25, -0.2) is 12.8 Å². The van der Waals surface area contributed by atoms with Gasteiger partial charge in [0.05, 0.1) is 18.1 Å². The fourth-order valence-corrected chi connectivity index (χ4v) is 6.21. The monoisotopic (exact) mass is 661 g/mol. The lowest BCUT2D eigenvalue weighted by Crippen LogP contribution is -2.46. The van der Waals surface area contributed by atoms with Crippen molar-refractivity contribution in [2.75, 3.05) is 31.6 Å². The van der Waals surface area contributed by atoms with Gasteiger partial charge in [-0.1, -0.05) is 42.5 Å². The number of hydrogen-bond acceptors (Lipinski definition) is 7. The number of carbonyl (C=O) groups excluding carboxylic acids is 2. The van der Waals surface area contributed by atoms with Crippen LogP contribution < -0.4 is 19.5 Å². The van der Waals surface area contributed by atoms with Crippen molar-refractivity contribution in [3.8, 4) is 11.5 Å². The molecule has 1 aliphatic heterocycles. The van der Waals surface area contributed by atoms with Crippen LogP contribution in [0.4, 0.5) is 10.1 Å². The predicted octanol–water partition coefficient (Wildman–Crippen LogP) is 5.08. The molecule has 0 spiro atoms. The first-order chi connectivity index (χ1) is 22.7. The number of methoxy groups -OCH3 is 1. The van der Waals surface area contributed by atoms with Crippen LogP contribution in [0.5, 0.6) is 11.5 Å².